The Balaban J connectivity index is 0.000000221. The van der Waals surface area contributed by atoms with Crippen molar-refractivity contribution in [1.82, 2.24) is 4.90 Å². The first-order valence-electron chi connectivity index (χ1n) is 8.41. The molecule has 2 aromatic carbocycles. The van der Waals surface area contributed by atoms with E-state index in [2.05, 4.69) is 0 Å². The van der Waals surface area contributed by atoms with Gasteiger partial charge in [-0.05, 0) is 31.2 Å². The molecule has 0 N–H and O–H groups in total. The van der Waals surface area contributed by atoms with Crippen LogP contribution in [0.3, 0.4) is 0 Å². The fraction of sp³-hybridized carbons (Fsp3) is 0.333. The van der Waals surface area contributed by atoms with Gasteiger partial charge in [-0.15, -0.1) is 0 Å². The number of morpholine rings is 1. The summed E-state index contributed by atoms with van der Waals surface area (Å²) in [6, 6.07) is 6.92. The highest BCUT2D eigenvalue weighted by Crippen LogP contribution is 2.21. The van der Waals surface area contributed by atoms with Gasteiger partial charge in [-0.2, -0.15) is 0 Å². The predicted molar refractivity (Wildman–Crippen MR) is 96.9 cm³/mol. The van der Waals surface area contributed by atoms with Crippen LogP contribution < -0.4 is 0 Å². The van der Waals surface area contributed by atoms with E-state index in [0.29, 0.717) is 44.0 Å². The first-order chi connectivity index (χ1) is 13.3. The summed E-state index contributed by atoms with van der Waals surface area (Å²) in [5.74, 6) is -0.896. The van der Waals surface area contributed by atoms with Gasteiger partial charge < -0.3 is 4.74 Å². The normalized spacial score (nSPS) is 14.1. The third-order valence-electron chi connectivity index (χ3n) is 4.09. The lowest BCUT2D eigenvalue weighted by molar-refractivity contribution is -0.385. The maximum absolute atomic E-state index is 13.1. The standard InChI is InChI=1S/C11H13FN2O3.C7H6FNO2/c12-10-1-2-11(14(15)16)9(7-10)8-13-3-5-17-6-4-13;1-5-4-6(8)2-3-7(5)9(10)11/h1-2,7H,3-6,8H2;2-4H,1H3. The summed E-state index contributed by atoms with van der Waals surface area (Å²) >= 11 is 0. The molecule has 28 heavy (non-hydrogen) atoms. The number of hydrogen-bond donors (Lipinski definition) is 0. The summed E-state index contributed by atoms with van der Waals surface area (Å²) in [7, 11) is 0. The van der Waals surface area contributed by atoms with Gasteiger partial charge in [-0.3, -0.25) is 25.1 Å². The number of nitrogens with zero attached hydrogens (tertiary/aromatic N) is 3. The number of ether oxygens (including phenoxy) is 1. The lowest BCUT2D eigenvalue weighted by Crippen LogP contribution is -2.35. The molecule has 150 valence electrons. The van der Waals surface area contributed by atoms with Crippen molar-refractivity contribution < 1.29 is 23.4 Å². The molecule has 1 fully saturated rings. The van der Waals surface area contributed by atoms with Crippen molar-refractivity contribution in [2.75, 3.05) is 26.3 Å². The number of nitro groups is 2. The highest BCUT2D eigenvalue weighted by atomic mass is 19.1. The molecule has 1 heterocycles. The van der Waals surface area contributed by atoms with Crippen LogP contribution in [0.25, 0.3) is 0 Å². The summed E-state index contributed by atoms with van der Waals surface area (Å²) in [4.78, 5) is 22.0. The maximum atomic E-state index is 13.1. The number of rotatable bonds is 4. The number of benzene rings is 2. The molecule has 1 saturated heterocycles. The van der Waals surface area contributed by atoms with Crippen LogP contribution in [-0.2, 0) is 11.3 Å². The lowest BCUT2D eigenvalue weighted by Gasteiger charge is -2.26. The third kappa shape index (κ3) is 6.03. The molecule has 2 aromatic rings. The molecule has 0 atom stereocenters. The van der Waals surface area contributed by atoms with Crippen LogP contribution in [0.2, 0.25) is 0 Å². The van der Waals surface area contributed by atoms with E-state index in [1.165, 1.54) is 19.1 Å². The molecule has 1 aliphatic heterocycles. The molecule has 0 spiro atoms. The maximum Gasteiger partial charge on any atom is 0.274 e. The van der Waals surface area contributed by atoms with Crippen LogP contribution in [-0.4, -0.2) is 41.0 Å². The zero-order chi connectivity index (χ0) is 20.7. The second-order valence-corrected chi connectivity index (χ2v) is 6.11. The highest BCUT2D eigenvalue weighted by Gasteiger charge is 2.18. The Morgan fingerprint density at radius 2 is 1.50 bits per heavy atom. The molecular weight excluding hydrogens is 376 g/mol. The first-order valence-corrected chi connectivity index (χ1v) is 8.41. The molecule has 0 unspecified atom stereocenters. The second kappa shape index (κ2) is 9.81. The van der Waals surface area contributed by atoms with Crippen molar-refractivity contribution in [2.45, 2.75) is 13.5 Å². The fourth-order valence-electron chi connectivity index (χ4n) is 2.68. The molecule has 1 aliphatic rings. The van der Waals surface area contributed by atoms with Crippen LogP contribution in [0.5, 0.6) is 0 Å². The van der Waals surface area contributed by atoms with Crippen LogP contribution in [0, 0.1) is 38.8 Å². The van der Waals surface area contributed by atoms with Crippen LogP contribution in [0.15, 0.2) is 36.4 Å². The summed E-state index contributed by atoms with van der Waals surface area (Å²) < 4.78 is 30.7. The molecule has 0 aromatic heterocycles. The Morgan fingerprint density at radius 1 is 0.964 bits per heavy atom. The molecule has 0 saturated carbocycles. The molecular formula is C18H19F2N3O5. The van der Waals surface area contributed by atoms with E-state index in [1.54, 1.807) is 0 Å². The minimum Gasteiger partial charge on any atom is -0.379 e. The van der Waals surface area contributed by atoms with Crippen LogP contribution in [0.4, 0.5) is 20.2 Å². The molecule has 8 nitrogen and oxygen atoms in total. The number of nitro benzene ring substituents is 2. The smallest absolute Gasteiger partial charge is 0.274 e. The Kier molecular flexibility index (Phi) is 7.47. The average Bonchev–Trinajstić information content (AvgIpc) is 2.62. The highest BCUT2D eigenvalue weighted by molar-refractivity contribution is 5.40. The molecule has 10 heteroatoms. The van der Waals surface area contributed by atoms with E-state index in [4.69, 9.17) is 4.74 Å². The van der Waals surface area contributed by atoms with E-state index in [-0.39, 0.29) is 11.4 Å². The van der Waals surface area contributed by atoms with Gasteiger partial charge in [0.25, 0.3) is 11.4 Å². The van der Waals surface area contributed by atoms with Crippen molar-refractivity contribution in [1.29, 1.82) is 0 Å². The van der Waals surface area contributed by atoms with Crippen molar-refractivity contribution in [3.05, 3.63) is 79.4 Å². The van der Waals surface area contributed by atoms with Gasteiger partial charge in [-0.1, -0.05) is 0 Å². The summed E-state index contributed by atoms with van der Waals surface area (Å²) in [5, 5.41) is 21.0. The topological polar surface area (TPSA) is 98.8 Å². The Bertz CT molecular complexity index is 857. The molecule has 0 amide bonds. The van der Waals surface area contributed by atoms with Gasteiger partial charge in [0.2, 0.25) is 0 Å². The summed E-state index contributed by atoms with van der Waals surface area (Å²) in [6.45, 7) is 4.55. The molecule has 0 aliphatic carbocycles. The Hall–Kier alpha value is -2.98. The summed E-state index contributed by atoms with van der Waals surface area (Å²) in [5.41, 5.74) is 0.677. The Morgan fingerprint density at radius 3 is 2.04 bits per heavy atom. The van der Waals surface area contributed by atoms with E-state index in [9.17, 15) is 29.0 Å². The molecule has 3 rings (SSSR count). The van der Waals surface area contributed by atoms with E-state index in [0.717, 1.165) is 24.3 Å². The minimum absolute atomic E-state index is 0.0297. The van der Waals surface area contributed by atoms with E-state index in [1.807, 2.05) is 4.90 Å². The predicted octanol–water partition coefficient (Wildman–Crippen LogP) is 3.61. The van der Waals surface area contributed by atoms with Gasteiger partial charge >= 0.3 is 0 Å². The zero-order valence-corrected chi connectivity index (χ0v) is 15.1. The van der Waals surface area contributed by atoms with Crippen molar-refractivity contribution >= 4 is 11.4 Å². The SMILES string of the molecule is Cc1cc(F)ccc1[N+](=O)[O-].O=[N+]([O-])c1ccc(F)cc1CN1CCOCC1. The quantitative estimate of drug-likeness (QED) is 0.579. The largest absolute Gasteiger partial charge is 0.379 e. The van der Waals surface area contributed by atoms with E-state index >= 15 is 0 Å². The molecule has 0 bridgehead atoms. The number of aryl methyl sites for hydroxylation is 1. The molecule has 0 radical (unpaired) electrons. The van der Waals surface area contributed by atoms with E-state index < -0.39 is 21.5 Å². The van der Waals surface area contributed by atoms with Gasteiger partial charge in [0, 0.05) is 42.9 Å². The number of hydrogen-bond acceptors (Lipinski definition) is 6. The first kappa shape index (κ1) is 21.3. The zero-order valence-electron chi connectivity index (χ0n) is 15.1. The van der Waals surface area contributed by atoms with Gasteiger partial charge in [0.1, 0.15) is 11.6 Å². The minimum atomic E-state index is -0.533. The van der Waals surface area contributed by atoms with Gasteiger partial charge in [0.05, 0.1) is 23.1 Å². The van der Waals surface area contributed by atoms with Crippen LogP contribution in [0.1, 0.15) is 11.1 Å². The number of halogens is 2. The van der Waals surface area contributed by atoms with Crippen molar-refractivity contribution in [3.63, 3.8) is 0 Å². The Labute approximate surface area is 159 Å². The summed E-state index contributed by atoms with van der Waals surface area (Å²) in [6.07, 6.45) is 0. The monoisotopic (exact) mass is 395 g/mol. The van der Waals surface area contributed by atoms with Gasteiger partial charge in [-0.25, -0.2) is 8.78 Å². The average molecular weight is 395 g/mol. The second-order valence-electron chi connectivity index (χ2n) is 6.11. The lowest BCUT2D eigenvalue weighted by atomic mass is 10.1. The van der Waals surface area contributed by atoms with Crippen molar-refractivity contribution in [2.24, 2.45) is 0 Å². The fourth-order valence-corrected chi connectivity index (χ4v) is 2.68. The van der Waals surface area contributed by atoms with Gasteiger partial charge in [0.15, 0.2) is 0 Å². The van der Waals surface area contributed by atoms with Crippen molar-refractivity contribution in [3.8, 4) is 0 Å². The third-order valence-corrected chi connectivity index (χ3v) is 4.09. The van der Waals surface area contributed by atoms with Crippen LogP contribution >= 0.6 is 0 Å².